The molecular weight excluding hydrogens is 220 g/mol. The van der Waals surface area contributed by atoms with E-state index in [2.05, 4.69) is 4.98 Å². The van der Waals surface area contributed by atoms with Crippen molar-refractivity contribution in [2.75, 3.05) is 6.61 Å². The summed E-state index contributed by atoms with van der Waals surface area (Å²) in [5.41, 5.74) is 2.00. The van der Waals surface area contributed by atoms with E-state index in [4.69, 9.17) is 4.74 Å². The predicted molar refractivity (Wildman–Crippen MR) is 62.3 cm³/mol. The topological polar surface area (TPSA) is 64.3 Å². The smallest absolute Gasteiger partial charge is 0.339 e. The highest BCUT2D eigenvalue weighted by molar-refractivity contribution is 5.86. The minimum atomic E-state index is -1.27. The summed E-state index contributed by atoms with van der Waals surface area (Å²) >= 11 is 0. The Labute approximate surface area is 98.6 Å². The second-order valence-electron chi connectivity index (χ2n) is 3.73. The molecule has 1 atom stereocenters. The van der Waals surface area contributed by atoms with Crippen LogP contribution in [0, 0.1) is 0 Å². The molecule has 0 radical (unpaired) electrons. The van der Waals surface area contributed by atoms with Crippen molar-refractivity contribution in [2.24, 2.45) is 7.05 Å². The Kier molecular flexibility index (Phi) is 3.10. The first kappa shape index (κ1) is 11.6. The second-order valence-corrected chi connectivity index (χ2v) is 3.73. The molecular formula is C12H14N2O3. The molecule has 0 spiro atoms. The van der Waals surface area contributed by atoms with Crippen LogP contribution in [-0.4, -0.2) is 27.2 Å². The fraction of sp³-hybridized carbons (Fsp3) is 0.333. The number of ether oxygens (including phenoxy) is 1. The normalized spacial score (nSPS) is 12.6. The molecule has 0 fully saturated rings. The number of aliphatic hydroxyl groups excluding tert-OH is 1. The highest BCUT2D eigenvalue weighted by Crippen LogP contribution is 2.24. The van der Waals surface area contributed by atoms with E-state index in [1.165, 1.54) is 0 Å². The summed E-state index contributed by atoms with van der Waals surface area (Å²) in [5, 5.41) is 9.95. The molecule has 1 aromatic heterocycles. The number of aryl methyl sites for hydroxylation is 1. The third kappa shape index (κ3) is 2.01. The van der Waals surface area contributed by atoms with Crippen molar-refractivity contribution in [3.8, 4) is 0 Å². The minimum Gasteiger partial charge on any atom is -0.464 e. The third-order valence-corrected chi connectivity index (χ3v) is 2.57. The van der Waals surface area contributed by atoms with Crippen LogP contribution in [0.3, 0.4) is 0 Å². The Morgan fingerprint density at radius 1 is 1.59 bits per heavy atom. The monoisotopic (exact) mass is 234 g/mol. The largest absolute Gasteiger partial charge is 0.464 e. The molecule has 5 nitrogen and oxygen atoms in total. The lowest BCUT2D eigenvalue weighted by Gasteiger charge is -2.11. The summed E-state index contributed by atoms with van der Waals surface area (Å²) in [6.07, 6.45) is 0.375. The SMILES string of the molecule is CCOC(=O)C(O)c1cccc2ncn(C)c12. The first-order valence-corrected chi connectivity index (χ1v) is 5.39. The lowest BCUT2D eigenvalue weighted by atomic mass is 10.1. The van der Waals surface area contributed by atoms with Crippen LogP contribution in [0.1, 0.15) is 18.6 Å². The van der Waals surface area contributed by atoms with Gasteiger partial charge in [0.05, 0.1) is 24.0 Å². The van der Waals surface area contributed by atoms with Crippen LogP contribution in [0.25, 0.3) is 11.0 Å². The van der Waals surface area contributed by atoms with E-state index in [-0.39, 0.29) is 6.61 Å². The van der Waals surface area contributed by atoms with Crippen molar-refractivity contribution in [2.45, 2.75) is 13.0 Å². The van der Waals surface area contributed by atoms with Gasteiger partial charge >= 0.3 is 5.97 Å². The first-order chi connectivity index (χ1) is 8.15. The number of para-hydroxylation sites is 1. The molecule has 1 unspecified atom stereocenters. The maximum Gasteiger partial charge on any atom is 0.339 e. The fourth-order valence-corrected chi connectivity index (χ4v) is 1.81. The zero-order valence-corrected chi connectivity index (χ0v) is 9.75. The molecule has 1 aromatic carbocycles. The molecule has 17 heavy (non-hydrogen) atoms. The number of fused-ring (bicyclic) bond motifs is 1. The average Bonchev–Trinajstić information content (AvgIpc) is 2.71. The molecule has 0 saturated heterocycles. The summed E-state index contributed by atoms with van der Waals surface area (Å²) < 4.78 is 6.58. The van der Waals surface area contributed by atoms with Gasteiger partial charge in [-0.1, -0.05) is 12.1 Å². The quantitative estimate of drug-likeness (QED) is 0.810. The zero-order chi connectivity index (χ0) is 12.4. The van der Waals surface area contributed by atoms with Crippen molar-refractivity contribution in [3.05, 3.63) is 30.1 Å². The number of hydrogen-bond donors (Lipinski definition) is 1. The van der Waals surface area contributed by atoms with Crippen LogP contribution in [-0.2, 0) is 16.6 Å². The summed E-state index contributed by atoms with van der Waals surface area (Å²) in [4.78, 5) is 15.7. The van der Waals surface area contributed by atoms with E-state index >= 15 is 0 Å². The summed E-state index contributed by atoms with van der Waals surface area (Å²) in [7, 11) is 1.82. The van der Waals surface area contributed by atoms with Gasteiger partial charge in [0, 0.05) is 12.6 Å². The van der Waals surface area contributed by atoms with Gasteiger partial charge in [-0.2, -0.15) is 0 Å². The number of rotatable bonds is 3. The third-order valence-electron chi connectivity index (χ3n) is 2.57. The van der Waals surface area contributed by atoms with Crippen molar-refractivity contribution in [1.29, 1.82) is 0 Å². The van der Waals surface area contributed by atoms with Crippen molar-refractivity contribution in [3.63, 3.8) is 0 Å². The van der Waals surface area contributed by atoms with Gasteiger partial charge in [0.15, 0.2) is 6.10 Å². The Bertz CT molecular complexity index is 548. The summed E-state index contributed by atoms with van der Waals surface area (Å²) in [6.45, 7) is 1.95. The Morgan fingerprint density at radius 2 is 2.35 bits per heavy atom. The molecule has 0 saturated carbocycles. The number of benzene rings is 1. The van der Waals surface area contributed by atoms with E-state index in [1.807, 2.05) is 13.1 Å². The van der Waals surface area contributed by atoms with Gasteiger partial charge in [-0.25, -0.2) is 9.78 Å². The summed E-state index contributed by atoms with van der Waals surface area (Å²) in [6, 6.07) is 5.29. The standard InChI is InChI=1S/C12H14N2O3/c1-3-17-12(16)11(15)8-5-4-6-9-10(8)14(2)7-13-9/h4-7,11,15H,3H2,1-2H3. The lowest BCUT2D eigenvalue weighted by Crippen LogP contribution is -2.16. The van der Waals surface area contributed by atoms with Crippen molar-refractivity contribution >= 4 is 17.0 Å². The van der Waals surface area contributed by atoms with Gasteiger partial charge in [-0.3, -0.25) is 0 Å². The molecule has 2 aromatic rings. The summed E-state index contributed by atoms with van der Waals surface area (Å²) in [5.74, 6) is -0.638. The molecule has 0 aliphatic heterocycles. The number of nitrogens with zero attached hydrogens (tertiary/aromatic N) is 2. The van der Waals surface area contributed by atoms with Crippen LogP contribution in [0.2, 0.25) is 0 Å². The van der Waals surface area contributed by atoms with Crippen LogP contribution in [0.5, 0.6) is 0 Å². The Balaban J connectivity index is 2.47. The Morgan fingerprint density at radius 3 is 3.06 bits per heavy atom. The number of aromatic nitrogens is 2. The minimum absolute atomic E-state index is 0.247. The lowest BCUT2D eigenvalue weighted by molar-refractivity contribution is -0.153. The molecule has 0 amide bonds. The van der Waals surface area contributed by atoms with Gasteiger partial charge in [-0.15, -0.1) is 0 Å². The fourth-order valence-electron chi connectivity index (χ4n) is 1.81. The van der Waals surface area contributed by atoms with Gasteiger partial charge in [0.1, 0.15) is 0 Å². The second kappa shape index (κ2) is 4.55. The molecule has 0 aliphatic rings. The van der Waals surface area contributed by atoms with E-state index < -0.39 is 12.1 Å². The van der Waals surface area contributed by atoms with Crippen molar-refractivity contribution in [1.82, 2.24) is 9.55 Å². The molecule has 1 heterocycles. The zero-order valence-electron chi connectivity index (χ0n) is 9.75. The van der Waals surface area contributed by atoms with Crippen LogP contribution in [0.15, 0.2) is 24.5 Å². The molecule has 0 bridgehead atoms. The number of esters is 1. The highest BCUT2D eigenvalue weighted by Gasteiger charge is 2.22. The molecule has 0 aliphatic carbocycles. The Hall–Kier alpha value is -1.88. The molecule has 1 N–H and O–H groups in total. The van der Waals surface area contributed by atoms with Gasteiger partial charge in [0.25, 0.3) is 0 Å². The average molecular weight is 234 g/mol. The number of hydrogen-bond acceptors (Lipinski definition) is 4. The number of aliphatic hydroxyl groups is 1. The van der Waals surface area contributed by atoms with Crippen LogP contribution >= 0.6 is 0 Å². The number of carbonyl (C=O) groups excluding carboxylic acids is 1. The number of imidazole rings is 1. The number of carbonyl (C=O) groups is 1. The maximum atomic E-state index is 11.5. The van der Waals surface area contributed by atoms with Crippen LogP contribution in [0.4, 0.5) is 0 Å². The first-order valence-electron chi connectivity index (χ1n) is 5.39. The van der Waals surface area contributed by atoms with E-state index in [9.17, 15) is 9.90 Å². The van der Waals surface area contributed by atoms with Gasteiger partial charge < -0.3 is 14.4 Å². The van der Waals surface area contributed by atoms with Crippen LogP contribution < -0.4 is 0 Å². The molecule has 90 valence electrons. The van der Waals surface area contributed by atoms with Gasteiger partial charge in [-0.05, 0) is 13.0 Å². The maximum absolute atomic E-state index is 11.5. The van der Waals surface area contributed by atoms with E-state index in [0.29, 0.717) is 5.56 Å². The van der Waals surface area contributed by atoms with E-state index in [1.54, 1.807) is 30.0 Å². The van der Waals surface area contributed by atoms with Gasteiger partial charge in [0.2, 0.25) is 0 Å². The predicted octanol–water partition coefficient (Wildman–Crippen LogP) is 1.17. The molecule has 2 rings (SSSR count). The van der Waals surface area contributed by atoms with E-state index in [0.717, 1.165) is 11.0 Å². The van der Waals surface area contributed by atoms with Crippen molar-refractivity contribution < 1.29 is 14.6 Å². The highest BCUT2D eigenvalue weighted by atomic mass is 16.5. The molecule has 5 heteroatoms.